The quantitative estimate of drug-likeness (QED) is 0.551. The molecule has 0 aliphatic rings. The van der Waals surface area contributed by atoms with E-state index in [9.17, 15) is 4.79 Å². The van der Waals surface area contributed by atoms with Crippen LogP contribution in [0.1, 0.15) is 53.4 Å². The minimum Gasteiger partial charge on any atom is -0.444 e. The maximum atomic E-state index is 11.0. The van der Waals surface area contributed by atoms with Crippen molar-refractivity contribution in [3.63, 3.8) is 0 Å². The summed E-state index contributed by atoms with van der Waals surface area (Å²) < 4.78 is 5.01. The standard InChI is InChI=1S/C8H18N2O2.C7H14/c1-8(2,3)12-7(11)10-6-5-9-4;1-3-5-7-6-4-2/h9H,5-6H2,1-4H3,(H,10,11);3H,1,4-7H2,2H3. The summed E-state index contributed by atoms with van der Waals surface area (Å²) in [5.41, 5.74) is -0.413. The van der Waals surface area contributed by atoms with Gasteiger partial charge >= 0.3 is 6.09 Å². The van der Waals surface area contributed by atoms with E-state index in [4.69, 9.17) is 4.74 Å². The second-order valence-electron chi connectivity index (χ2n) is 5.32. The first-order valence-electron chi connectivity index (χ1n) is 7.09. The maximum absolute atomic E-state index is 11.0. The zero-order chi connectivity index (χ0) is 15.1. The van der Waals surface area contributed by atoms with Gasteiger partial charge in [0.2, 0.25) is 0 Å². The number of alkyl carbamates (subject to hydrolysis) is 1. The largest absolute Gasteiger partial charge is 0.444 e. The zero-order valence-corrected chi connectivity index (χ0v) is 13.3. The first-order valence-corrected chi connectivity index (χ1v) is 7.09. The lowest BCUT2D eigenvalue weighted by molar-refractivity contribution is 0.0528. The summed E-state index contributed by atoms with van der Waals surface area (Å²) in [6.45, 7) is 12.7. The number of amides is 1. The summed E-state index contributed by atoms with van der Waals surface area (Å²) >= 11 is 0. The number of likely N-dealkylation sites (N-methyl/N-ethyl adjacent to an activating group) is 1. The second kappa shape index (κ2) is 13.4. The molecule has 0 bridgehead atoms. The average Bonchev–Trinajstić information content (AvgIpc) is 2.28. The Hall–Kier alpha value is -1.03. The predicted octanol–water partition coefficient (Wildman–Crippen LogP) is 3.48. The minimum absolute atomic E-state index is 0.363. The second-order valence-corrected chi connectivity index (χ2v) is 5.32. The summed E-state index contributed by atoms with van der Waals surface area (Å²) in [4.78, 5) is 11.0. The third-order valence-corrected chi connectivity index (χ3v) is 2.06. The summed E-state index contributed by atoms with van der Waals surface area (Å²) in [5, 5.41) is 5.53. The first kappa shape index (κ1) is 20.3. The van der Waals surface area contributed by atoms with Gasteiger partial charge in [-0.1, -0.05) is 25.8 Å². The molecule has 0 aromatic heterocycles. The third-order valence-electron chi connectivity index (χ3n) is 2.06. The predicted molar refractivity (Wildman–Crippen MR) is 82.5 cm³/mol. The van der Waals surface area contributed by atoms with Crippen LogP contribution < -0.4 is 10.6 Å². The molecule has 2 N–H and O–H groups in total. The highest BCUT2D eigenvalue weighted by atomic mass is 16.6. The molecule has 1 amide bonds. The van der Waals surface area contributed by atoms with Gasteiger partial charge in [-0.25, -0.2) is 4.79 Å². The molecule has 0 atom stereocenters. The van der Waals surface area contributed by atoms with Crippen molar-refractivity contribution in [3.05, 3.63) is 12.7 Å². The van der Waals surface area contributed by atoms with E-state index in [-0.39, 0.29) is 6.09 Å². The topological polar surface area (TPSA) is 50.4 Å². The lowest BCUT2D eigenvalue weighted by atomic mass is 10.2. The van der Waals surface area contributed by atoms with Gasteiger partial charge in [-0.05, 0) is 40.7 Å². The molecular formula is C15H32N2O2. The minimum atomic E-state index is -0.413. The van der Waals surface area contributed by atoms with Crippen molar-refractivity contribution >= 4 is 6.09 Å². The maximum Gasteiger partial charge on any atom is 0.407 e. The number of unbranched alkanes of at least 4 members (excludes halogenated alkanes) is 3. The van der Waals surface area contributed by atoms with E-state index in [1.807, 2.05) is 33.9 Å². The van der Waals surface area contributed by atoms with Crippen LogP contribution in [0.4, 0.5) is 4.79 Å². The number of ether oxygens (including phenoxy) is 1. The lowest BCUT2D eigenvalue weighted by Crippen LogP contribution is -2.35. The Morgan fingerprint density at radius 2 is 1.89 bits per heavy atom. The van der Waals surface area contributed by atoms with E-state index in [0.717, 1.165) is 6.54 Å². The van der Waals surface area contributed by atoms with Crippen LogP contribution in [0.5, 0.6) is 0 Å². The smallest absolute Gasteiger partial charge is 0.407 e. The van der Waals surface area contributed by atoms with E-state index in [1.165, 1.54) is 25.7 Å². The number of hydrogen-bond acceptors (Lipinski definition) is 3. The van der Waals surface area contributed by atoms with Gasteiger partial charge in [-0.2, -0.15) is 0 Å². The first-order chi connectivity index (χ1) is 8.87. The summed E-state index contributed by atoms with van der Waals surface area (Å²) in [6, 6.07) is 0. The third kappa shape index (κ3) is 22.6. The molecule has 19 heavy (non-hydrogen) atoms. The molecule has 0 radical (unpaired) electrons. The molecule has 0 heterocycles. The van der Waals surface area contributed by atoms with E-state index < -0.39 is 5.60 Å². The van der Waals surface area contributed by atoms with Crippen molar-refractivity contribution in [1.82, 2.24) is 10.6 Å². The van der Waals surface area contributed by atoms with Gasteiger partial charge in [0.25, 0.3) is 0 Å². The lowest BCUT2D eigenvalue weighted by Gasteiger charge is -2.19. The van der Waals surface area contributed by atoms with Gasteiger partial charge < -0.3 is 15.4 Å². The van der Waals surface area contributed by atoms with Crippen LogP contribution in [0.15, 0.2) is 12.7 Å². The average molecular weight is 272 g/mol. The number of allylic oxidation sites excluding steroid dienone is 1. The molecule has 0 saturated carbocycles. The molecule has 0 aromatic carbocycles. The molecule has 0 aliphatic heterocycles. The monoisotopic (exact) mass is 272 g/mol. The Morgan fingerprint density at radius 3 is 2.32 bits per heavy atom. The van der Waals surface area contributed by atoms with Crippen LogP contribution in [-0.2, 0) is 4.74 Å². The highest BCUT2D eigenvalue weighted by Gasteiger charge is 2.14. The van der Waals surface area contributed by atoms with Crippen molar-refractivity contribution < 1.29 is 9.53 Å². The number of hydrogen-bond donors (Lipinski definition) is 2. The molecule has 0 aromatic rings. The van der Waals surface area contributed by atoms with Crippen molar-refractivity contribution in [1.29, 1.82) is 0 Å². The normalized spacial score (nSPS) is 10.2. The summed E-state index contributed by atoms with van der Waals surface area (Å²) in [5.74, 6) is 0. The van der Waals surface area contributed by atoms with Crippen molar-refractivity contribution in [2.75, 3.05) is 20.1 Å². The summed E-state index contributed by atoms with van der Waals surface area (Å²) in [7, 11) is 1.83. The van der Waals surface area contributed by atoms with Crippen LogP contribution in [-0.4, -0.2) is 31.8 Å². The molecular weight excluding hydrogens is 240 g/mol. The molecule has 0 spiro atoms. The molecule has 4 nitrogen and oxygen atoms in total. The van der Waals surface area contributed by atoms with E-state index in [2.05, 4.69) is 24.1 Å². The molecule has 0 unspecified atom stereocenters. The molecule has 0 saturated heterocycles. The van der Waals surface area contributed by atoms with Crippen LogP contribution in [0, 0.1) is 0 Å². The molecule has 4 heteroatoms. The van der Waals surface area contributed by atoms with Crippen LogP contribution in [0.2, 0.25) is 0 Å². The number of rotatable bonds is 7. The zero-order valence-electron chi connectivity index (χ0n) is 13.3. The molecule has 114 valence electrons. The van der Waals surface area contributed by atoms with Gasteiger partial charge in [0.05, 0.1) is 0 Å². The SMILES string of the molecule is C=CCCCCC.CNCCNC(=O)OC(C)(C)C. The van der Waals surface area contributed by atoms with Crippen molar-refractivity contribution in [2.45, 2.75) is 59.0 Å². The highest BCUT2D eigenvalue weighted by Crippen LogP contribution is 2.05. The Labute approximate surface area is 119 Å². The van der Waals surface area contributed by atoms with Gasteiger partial charge in [-0.3, -0.25) is 0 Å². The number of nitrogens with one attached hydrogen (secondary N) is 2. The molecule has 0 rings (SSSR count). The van der Waals surface area contributed by atoms with Crippen LogP contribution >= 0.6 is 0 Å². The Kier molecular flexibility index (Phi) is 14.3. The Morgan fingerprint density at radius 1 is 1.26 bits per heavy atom. The highest BCUT2D eigenvalue weighted by molar-refractivity contribution is 5.67. The number of carbonyl (C=O) groups is 1. The van der Waals surface area contributed by atoms with E-state index in [0.29, 0.717) is 6.54 Å². The fraction of sp³-hybridized carbons (Fsp3) is 0.800. The number of carbonyl (C=O) groups excluding carboxylic acids is 1. The van der Waals surface area contributed by atoms with Gasteiger partial charge in [-0.15, -0.1) is 6.58 Å². The van der Waals surface area contributed by atoms with Crippen LogP contribution in [0.3, 0.4) is 0 Å². The van der Waals surface area contributed by atoms with Gasteiger partial charge in [0.15, 0.2) is 0 Å². The van der Waals surface area contributed by atoms with Crippen molar-refractivity contribution in [2.24, 2.45) is 0 Å². The Balaban J connectivity index is 0. The van der Waals surface area contributed by atoms with Crippen molar-refractivity contribution in [3.8, 4) is 0 Å². The van der Waals surface area contributed by atoms with E-state index in [1.54, 1.807) is 0 Å². The summed E-state index contributed by atoms with van der Waals surface area (Å²) in [6.07, 6.45) is 6.79. The fourth-order valence-corrected chi connectivity index (χ4v) is 1.14. The molecule has 0 aliphatic carbocycles. The molecule has 0 fully saturated rings. The van der Waals surface area contributed by atoms with Crippen LogP contribution in [0.25, 0.3) is 0 Å². The Bertz CT molecular complexity index is 223. The van der Waals surface area contributed by atoms with E-state index >= 15 is 0 Å². The fourth-order valence-electron chi connectivity index (χ4n) is 1.14. The van der Waals surface area contributed by atoms with Gasteiger partial charge in [0, 0.05) is 13.1 Å². The van der Waals surface area contributed by atoms with Gasteiger partial charge in [0.1, 0.15) is 5.60 Å².